The number of pyridine rings is 1. The number of halogens is 1. The van der Waals surface area contributed by atoms with E-state index < -0.39 is 6.10 Å². The molecule has 1 heterocycles. The fourth-order valence-corrected chi connectivity index (χ4v) is 2.14. The molecule has 0 aliphatic carbocycles. The van der Waals surface area contributed by atoms with Gasteiger partial charge >= 0.3 is 0 Å². The van der Waals surface area contributed by atoms with Crippen LogP contribution in [0.1, 0.15) is 22.8 Å². The minimum Gasteiger partial charge on any atom is -0.391 e. The highest BCUT2D eigenvalue weighted by molar-refractivity contribution is 6.29. The maximum absolute atomic E-state index is 12.1. The zero-order chi connectivity index (χ0) is 15.2. The van der Waals surface area contributed by atoms with Gasteiger partial charge in [-0.3, -0.25) is 4.79 Å². The molecule has 2 aromatic rings. The van der Waals surface area contributed by atoms with Crippen LogP contribution in [0, 0.1) is 0 Å². The summed E-state index contributed by atoms with van der Waals surface area (Å²) in [5.74, 6) is -0.279. The summed E-state index contributed by atoms with van der Waals surface area (Å²) in [5.41, 5.74) is 1.45. The Hall–Kier alpha value is -1.91. The number of aliphatic hydroxyl groups is 1. The van der Waals surface area contributed by atoms with Crippen molar-refractivity contribution in [2.75, 3.05) is 0 Å². The van der Waals surface area contributed by atoms with Crippen molar-refractivity contribution in [1.29, 1.82) is 0 Å². The first kappa shape index (κ1) is 15.5. The number of carbonyl (C=O) groups is 1. The lowest BCUT2D eigenvalue weighted by molar-refractivity contribution is 0.0851. The average molecular weight is 305 g/mol. The van der Waals surface area contributed by atoms with Gasteiger partial charge in [-0.05, 0) is 24.6 Å². The van der Waals surface area contributed by atoms with Crippen LogP contribution in [-0.4, -0.2) is 28.1 Å². The Bertz CT molecular complexity index is 604. The highest BCUT2D eigenvalue weighted by Gasteiger charge is 2.18. The monoisotopic (exact) mass is 304 g/mol. The number of carbonyl (C=O) groups excluding carboxylic acids is 1. The van der Waals surface area contributed by atoms with Crippen molar-refractivity contribution in [1.82, 2.24) is 10.3 Å². The fraction of sp³-hybridized carbons (Fsp3) is 0.250. The molecule has 0 saturated heterocycles. The highest BCUT2D eigenvalue weighted by atomic mass is 35.5. The Morgan fingerprint density at radius 2 is 2.05 bits per heavy atom. The standard InChI is InChI=1S/C16H17ClN2O2/c1-11(14(20)9-12-5-3-2-4-6-12)19-16(21)13-7-8-18-15(17)10-13/h2-8,10-11,14,20H,9H2,1H3,(H,19,21). The van der Waals surface area contributed by atoms with Crippen molar-refractivity contribution in [2.45, 2.75) is 25.5 Å². The van der Waals surface area contributed by atoms with Crippen molar-refractivity contribution in [3.05, 3.63) is 64.9 Å². The fourth-order valence-electron chi connectivity index (χ4n) is 1.96. The predicted molar refractivity (Wildman–Crippen MR) is 82.3 cm³/mol. The molecule has 110 valence electrons. The quantitative estimate of drug-likeness (QED) is 0.834. The number of amides is 1. The van der Waals surface area contributed by atoms with Crippen molar-refractivity contribution < 1.29 is 9.90 Å². The highest BCUT2D eigenvalue weighted by Crippen LogP contribution is 2.09. The van der Waals surface area contributed by atoms with Gasteiger partial charge in [-0.2, -0.15) is 0 Å². The van der Waals surface area contributed by atoms with Gasteiger partial charge < -0.3 is 10.4 Å². The minimum absolute atomic E-state index is 0.264. The van der Waals surface area contributed by atoms with Gasteiger partial charge in [-0.25, -0.2) is 4.98 Å². The molecule has 1 aromatic heterocycles. The van der Waals surface area contributed by atoms with Gasteiger partial charge in [-0.15, -0.1) is 0 Å². The van der Waals surface area contributed by atoms with E-state index >= 15 is 0 Å². The summed E-state index contributed by atoms with van der Waals surface area (Å²) in [4.78, 5) is 15.9. The number of aromatic nitrogens is 1. The summed E-state index contributed by atoms with van der Waals surface area (Å²) in [6.07, 6.45) is 1.30. The first-order chi connectivity index (χ1) is 10.1. The molecule has 21 heavy (non-hydrogen) atoms. The molecule has 0 aliphatic heterocycles. The van der Waals surface area contributed by atoms with Gasteiger partial charge in [0.1, 0.15) is 5.15 Å². The van der Waals surface area contributed by atoms with Crippen LogP contribution in [0.5, 0.6) is 0 Å². The molecule has 0 saturated carbocycles. The van der Waals surface area contributed by atoms with Gasteiger partial charge in [0.15, 0.2) is 0 Å². The second kappa shape index (κ2) is 7.20. The lowest BCUT2D eigenvalue weighted by Crippen LogP contribution is -2.42. The molecule has 0 aliphatic rings. The molecule has 5 heteroatoms. The van der Waals surface area contributed by atoms with Crippen LogP contribution in [0.25, 0.3) is 0 Å². The van der Waals surface area contributed by atoms with Crippen LogP contribution in [0.3, 0.4) is 0 Å². The molecular formula is C16H17ClN2O2. The molecule has 4 nitrogen and oxygen atoms in total. The molecule has 2 N–H and O–H groups in total. The van der Waals surface area contributed by atoms with Crippen LogP contribution >= 0.6 is 11.6 Å². The van der Waals surface area contributed by atoms with E-state index in [1.54, 1.807) is 13.0 Å². The summed E-state index contributed by atoms with van der Waals surface area (Å²) in [6, 6.07) is 12.4. The molecule has 0 spiro atoms. The summed E-state index contributed by atoms with van der Waals surface area (Å²) in [5, 5.41) is 13.2. The van der Waals surface area contributed by atoms with E-state index in [0.29, 0.717) is 12.0 Å². The van der Waals surface area contributed by atoms with Crippen molar-refractivity contribution >= 4 is 17.5 Å². The van der Waals surface area contributed by atoms with E-state index in [2.05, 4.69) is 10.3 Å². The minimum atomic E-state index is -0.659. The zero-order valence-electron chi connectivity index (χ0n) is 11.7. The number of benzene rings is 1. The number of nitrogens with one attached hydrogen (secondary N) is 1. The number of rotatable bonds is 5. The summed E-state index contributed by atoms with van der Waals surface area (Å²) >= 11 is 5.75. The molecular weight excluding hydrogens is 288 g/mol. The topological polar surface area (TPSA) is 62.2 Å². The van der Waals surface area contributed by atoms with E-state index in [0.717, 1.165) is 5.56 Å². The maximum atomic E-state index is 12.1. The lowest BCUT2D eigenvalue weighted by atomic mass is 10.0. The van der Waals surface area contributed by atoms with E-state index in [4.69, 9.17) is 11.6 Å². The normalized spacial score (nSPS) is 13.5. The Balaban J connectivity index is 1.94. The van der Waals surface area contributed by atoms with Crippen LogP contribution in [0.4, 0.5) is 0 Å². The second-order valence-corrected chi connectivity index (χ2v) is 5.27. The molecule has 1 aromatic carbocycles. The maximum Gasteiger partial charge on any atom is 0.251 e. The van der Waals surface area contributed by atoms with E-state index in [1.807, 2.05) is 30.3 Å². The summed E-state index contributed by atoms with van der Waals surface area (Å²) in [7, 11) is 0. The zero-order valence-corrected chi connectivity index (χ0v) is 12.4. The molecule has 1 amide bonds. The Morgan fingerprint density at radius 1 is 1.33 bits per heavy atom. The van der Waals surface area contributed by atoms with Crippen LogP contribution < -0.4 is 5.32 Å². The summed E-state index contributed by atoms with van der Waals surface area (Å²) < 4.78 is 0. The third kappa shape index (κ3) is 4.55. The second-order valence-electron chi connectivity index (χ2n) is 4.89. The van der Waals surface area contributed by atoms with Crippen LogP contribution in [0.15, 0.2) is 48.7 Å². The van der Waals surface area contributed by atoms with Gasteiger partial charge in [0.05, 0.1) is 12.1 Å². The first-order valence-corrected chi connectivity index (χ1v) is 7.08. The Labute approximate surface area is 128 Å². The van der Waals surface area contributed by atoms with E-state index in [-0.39, 0.29) is 17.1 Å². The van der Waals surface area contributed by atoms with Crippen molar-refractivity contribution in [3.63, 3.8) is 0 Å². The number of aliphatic hydroxyl groups excluding tert-OH is 1. The van der Waals surface area contributed by atoms with Crippen molar-refractivity contribution in [3.8, 4) is 0 Å². The number of hydrogen-bond donors (Lipinski definition) is 2. The first-order valence-electron chi connectivity index (χ1n) is 6.70. The molecule has 0 fully saturated rings. The largest absolute Gasteiger partial charge is 0.391 e. The third-order valence-corrected chi connectivity index (χ3v) is 3.42. The van der Waals surface area contributed by atoms with Crippen LogP contribution in [-0.2, 0) is 6.42 Å². The Kier molecular flexibility index (Phi) is 5.31. The number of nitrogens with zero attached hydrogens (tertiary/aromatic N) is 1. The van der Waals surface area contributed by atoms with E-state index in [9.17, 15) is 9.90 Å². The number of hydrogen-bond acceptors (Lipinski definition) is 3. The molecule has 0 bridgehead atoms. The molecule has 0 radical (unpaired) electrons. The summed E-state index contributed by atoms with van der Waals surface area (Å²) in [6.45, 7) is 1.77. The van der Waals surface area contributed by atoms with Crippen molar-refractivity contribution in [2.24, 2.45) is 0 Å². The smallest absolute Gasteiger partial charge is 0.251 e. The van der Waals surface area contributed by atoms with Gasteiger partial charge in [0.2, 0.25) is 0 Å². The van der Waals surface area contributed by atoms with Gasteiger partial charge in [0, 0.05) is 18.2 Å². The Morgan fingerprint density at radius 3 is 2.71 bits per heavy atom. The predicted octanol–water partition coefficient (Wildman–Crippen LogP) is 2.46. The third-order valence-electron chi connectivity index (χ3n) is 3.21. The molecule has 2 unspecified atom stereocenters. The molecule has 2 rings (SSSR count). The van der Waals surface area contributed by atoms with Crippen LogP contribution in [0.2, 0.25) is 5.15 Å². The van der Waals surface area contributed by atoms with Gasteiger partial charge in [-0.1, -0.05) is 41.9 Å². The molecule has 2 atom stereocenters. The average Bonchev–Trinajstić information content (AvgIpc) is 2.48. The van der Waals surface area contributed by atoms with Gasteiger partial charge in [0.25, 0.3) is 5.91 Å². The SMILES string of the molecule is CC(NC(=O)c1ccnc(Cl)c1)C(O)Cc1ccccc1. The lowest BCUT2D eigenvalue weighted by Gasteiger charge is -2.20. The van der Waals surface area contributed by atoms with E-state index in [1.165, 1.54) is 12.3 Å².